The SMILES string of the molecule is COC(=O)c1ccc(-n2cc(C)nn2)cc1. The highest BCUT2D eigenvalue weighted by molar-refractivity contribution is 5.89. The average molecular weight is 217 g/mol. The minimum atomic E-state index is -0.346. The van der Waals surface area contributed by atoms with Crippen molar-refractivity contribution in [3.8, 4) is 5.69 Å². The van der Waals surface area contributed by atoms with Crippen molar-refractivity contribution in [3.63, 3.8) is 0 Å². The number of methoxy groups -OCH3 is 1. The Labute approximate surface area is 92.7 Å². The molecule has 0 radical (unpaired) electrons. The van der Waals surface area contributed by atoms with E-state index >= 15 is 0 Å². The molecule has 0 saturated carbocycles. The molecule has 0 fully saturated rings. The Morgan fingerprint density at radius 1 is 1.31 bits per heavy atom. The van der Waals surface area contributed by atoms with E-state index in [1.165, 1.54) is 7.11 Å². The van der Waals surface area contributed by atoms with Gasteiger partial charge in [0.2, 0.25) is 0 Å². The van der Waals surface area contributed by atoms with Gasteiger partial charge in [0.15, 0.2) is 0 Å². The van der Waals surface area contributed by atoms with Gasteiger partial charge in [-0.15, -0.1) is 5.10 Å². The minimum absolute atomic E-state index is 0.346. The van der Waals surface area contributed by atoms with Crippen LogP contribution in [-0.4, -0.2) is 28.1 Å². The molecule has 82 valence electrons. The first kappa shape index (κ1) is 10.4. The van der Waals surface area contributed by atoms with Crippen LogP contribution in [0.15, 0.2) is 30.5 Å². The molecule has 5 heteroatoms. The largest absolute Gasteiger partial charge is 0.465 e. The lowest BCUT2D eigenvalue weighted by Crippen LogP contribution is -2.02. The number of esters is 1. The summed E-state index contributed by atoms with van der Waals surface area (Å²) < 4.78 is 6.26. The fraction of sp³-hybridized carbons (Fsp3) is 0.182. The first-order valence-electron chi connectivity index (χ1n) is 4.78. The zero-order valence-corrected chi connectivity index (χ0v) is 9.04. The molecule has 0 unspecified atom stereocenters. The molecule has 1 aromatic carbocycles. The van der Waals surface area contributed by atoms with Crippen LogP contribution in [0.5, 0.6) is 0 Å². The molecule has 0 aliphatic heterocycles. The van der Waals surface area contributed by atoms with Crippen LogP contribution in [0.25, 0.3) is 5.69 Å². The van der Waals surface area contributed by atoms with Crippen LogP contribution in [0.2, 0.25) is 0 Å². The van der Waals surface area contributed by atoms with Crippen LogP contribution in [0.3, 0.4) is 0 Å². The van der Waals surface area contributed by atoms with Gasteiger partial charge in [0.1, 0.15) is 0 Å². The highest BCUT2D eigenvalue weighted by atomic mass is 16.5. The molecule has 0 atom stereocenters. The second-order valence-electron chi connectivity index (χ2n) is 3.34. The third kappa shape index (κ3) is 1.93. The summed E-state index contributed by atoms with van der Waals surface area (Å²) >= 11 is 0. The molecule has 0 spiro atoms. The van der Waals surface area contributed by atoms with Gasteiger partial charge in [0.05, 0.1) is 30.3 Å². The topological polar surface area (TPSA) is 57.0 Å². The molecule has 0 aliphatic carbocycles. The summed E-state index contributed by atoms with van der Waals surface area (Å²) in [6.45, 7) is 1.87. The van der Waals surface area contributed by atoms with Gasteiger partial charge in [-0.3, -0.25) is 0 Å². The lowest BCUT2D eigenvalue weighted by atomic mass is 10.2. The number of nitrogens with zero attached hydrogens (tertiary/aromatic N) is 3. The predicted molar refractivity (Wildman–Crippen MR) is 57.4 cm³/mol. The van der Waals surface area contributed by atoms with Crippen LogP contribution in [0.1, 0.15) is 16.1 Å². The van der Waals surface area contributed by atoms with Gasteiger partial charge in [-0.1, -0.05) is 5.21 Å². The minimum Gasteiger partial charge on any atom is -0.465 e. The molecular formula is C11H11N3O2. The molecular weight excluding hydrogens is 206 g/mol. The van der Waals surface area contributed by atoms with Gasteiger partial charge in [0, 0.05) is 0 Å². The van der Waals surface area contributed by atoms with E-state index in [1.807, 2.05) is 13.1 Å². The molecule has 0 saturated heterocycles. The molecule has 0 N–H and O–H groups in total. The highest BCUT2D eigenvalue weighted by Gasteiger charge is 2.05. The summed E-state index contributed by atoms with van der Waals surface area (Å²) in [5, 5.41) is 7.82. The maximum atomic E-state index is 11.2. The Balaban J connectivity index is 2.29. The van der Waals surface area contributed by atoms with E-state index in [4.69, 9.17) is 0 Å². The van der Waals surface area contributed by atoms with Crippen molar-refractivity contribution >= 4 is 5.97 Å². The Hall–Kier alpha value is -2.17. The maximum Gasteiger partial charge on any atom is 0.337 e. The third-order valence-corrected chi connectivity index (χ3v) is 2.16. The molecule has 2 rings (SSSR count). The smallest absolute Gasteiger partial charge is 0.337 e. The predicted octanol–water partition coefficient (Wildman–Crippen LogP) is 1.36. The monoisotopic (exact) mass is 217 g/mol. The van der Waals surface area contributed by atoms with E-state index in [0.717, 1.165) is 11.4 Å². The van der Waals surface area contributed by atoms with E-state index in [1.54, 1.807) is 28.9 Å². The van der Waals surface area contributed by atoms with Crippen molar-refractivity contribution in [3.05, 3.63) is 41.7 Å². The third-order valence-electron chi connectivity index (χ3n) is 2.16. The average Bonchev–Trinajstić information content (AvgIpc) is 2.75. The Morgan fingerprint density at radius 2 is 2.00 bits per heavy atom. The molecule has 5 nitrogen and oxygen atoms in total. The molecule has 0 aliphatic rings. The number of carbonyl (C=O) groups excluding carboxylic acids is 1. The van der Waals surface area contributed by atoms with Crippen LogP contribution in [0, 0.1) is 6.92 Å². The number of benzene rings is 1. The van der Waals surface area contributed by atoms with Gasteiger partial charge in [-0.25, -0.2) is 9.48 Å². The van der Waals surface area contributed by atoms with Gasteiger partial charge >= 0.3 is 5.97 Å². The molecule has 0 bridgehead atoms. The fourth-order valence-corrected chi connectivity index (χ4v) is 1.34. The second kappa shape index (κ2) is 4.14. The molecule has 0 amide bonds. The summed E-state index contributed by atoms with van der Waals surface area (Å²) in [7, 11) is 1.36. The van der Waals surface area contributed by atoms with Crippen molar-refractivity contribution < 1.29 is 9.53 Å². The van der Waals surface area contributed by atoms with Crippen molar-refractivity contribution in [2.45, 2.75) is 6.92 Å². The molecule has 1 aromatic heterocycles. The Bertz CT molecular complexity index is 502. The van der Waals surface area contributed by atoms with Gasteiger partial charge in [0.25, 0.3) is 0 Å². The van der Waals surface area contributed by atoms with E-state index in [0.29, 0.717) is 5.56 Å². The zero-order chi connectivity index (χ0) is 11.5. The Morgan fingerprint density at radius 3 is 2.50 bits per heavy atom. The molecule has 2 aromatic rings. The van der Waals surface area contributed by atoms with Crippen molar-refractivity contribution in [2.75, 3.05) is 7.11 Å². The summed E-state index contributed by atoms with van der Waals surface area (Å²) in [5.74, 6) is -0.346. The zero-order valence-electron chi connectivity index (χ0n) is 9.04. The van der Waals surface area contributed by atoms with Crippen molar-refractivity contribution in [1.29, 1.82) is 0 Å². The van der Waals surface area contributed by atoms with Crippen LogP contribution in [0.4, 0.5) is 0 Å². The number of carbonyl (C=O) groups is 1. The van der Waals surface area contributed by atoms with E-state index < -0.39 is 0 Å². The second-order valence-corrected chi connectivity index (χ2v) is 3.34. The standard InChI is InChI=1S/C11H11N3O2/c1-8-7-14(13-12-8)10-5-3-9(4-6-10)11(15)16-2/h3-7H,1-2H3. The van der Waals surface area contributed by atoms with Gasteiger partial charge in [-0.05, 0) is 31.2 Å². The number of aromatic nitrogens is 3. The van der Waals surface area contributed by atoms with Gasteiger partial charge in [-0.2, -0.15) is 0 Å². The number of rotatable bonds is 2. The van der Waals surface area contributed by atoms with Crippen molar-refractivity contribution in [2.24, 2.45) is 0 Å². The first-order chi connectivity index (χ1) is 7.70. The van der Waals surface area contributed by atoms with E-state index in [2.05, 4.69) is 15.0 Å². The number of hydrogen-bond acceptors (Lipinski definition) is 4. The molecule has 16 heavy (non-hydrogen) atoms. The van der Waals surface area contributed by atoms with Crippen LogP contribution >= 0.6 is 0 Å². The highest BCUT2D eigenvalue weighted by Crippen LogP contribution is 2.09. The summed E-state index contributed by atoms with van der Waals surface area (Å²) in [6.07, 6.45) is 1.81. The summed E-state index contributed by atoms with van der Waals surface area (Å²) in [6, 6.07) is 6.97. The number of aryl methyl sites for hydroxylation is 1. The van der Waals surface area contributed by atoms with E-state index in [9.17, 15) is 4.79 Å². The summed E-state index contributed by atoms with van der Waals surface area (Å²) in [5.41, 5.74) is 2.22. The first-order valence-corrected chi connectivity index (χ1v) is 4.78. The molecule has 1 heterocycles. The quantitative estimate of drug-likeness (QED) is 0.713. The normalized spacial score (nSPS) is 10.1. The fourth-order valence-electron chi connectivity index (χ4n) is 1.34. The number of ether oxygens (including phenoxy) is 1. The lowest BCUT2D eigenvalue weighted by Gasteiger charge is -2.01. The van der Waals surface area contributed by atoms with E-state index in [-0.39, 0.29) is 5.97 Å². The Kier molecular flexibility index (Phi) is 2.68. The van der Waals surface area contributed by atoms with Crippen molar-refractivity contribution in [1.82, 2.24) is 15.0 Å². The number of hydrogen-bond donors (Lipinski definition) is 0. The van der Waals surface area contributed by atoms with Crippen LogP contribution < -0.4 is 0 Å². The summed E-state index contributed by atoms with van der Waals surface area (Å²) in [4.78, 5) is 11.2. The maximum absolute atomic E-state index is 11.2. The lowest BCUT2D eigenvalue weighted by molar-refractivity contribution is 0.0601. The van der Waals surface area contributed by atoms with Gasteiger partial charge < -0.3 is 4.74 Å². The van der Waals surface area contributed by atoms with Crippen LogP contribution in [-0.2, 0) is 4.74 Å².